The molecule has 0 amide bonds. The molecule has 0 spiro atoms. The lowest BCUT2D eigenvalue weighted by atomic mass is 10.2. The van der Waals surface area contributed by atoms with Crippen LogP contribution in [0.15, 0.2) is 76.9 Å². The van der Waals surface area contributed by atoms with E-state index in [-0.39, 0.29) is 0 Å². The first kappa shape index (κ1) is 21.3. The molecule has 146 valence electrons. The van der Waals surface area contributed by atoms with E-state index >= 15 is 0 Å². The van der Waals surface area contributed by atoms with Gasteiger partial charge in [0.05, 0.1) is 5.69 Å². The topological polar surface area (TPSA) is 25.8 Å². The molecule has 1 aromatic carbocycles. The van der Waals surface area contributed by atoms with Gasteiger partial charge in [0.25, 0.3) is 0 Å². The van der Waals surface area contributed by atoms with Crippen LogP contribution < -0.4 is 0 Å². The van der Waals surface area contributed by atoms with E-state index < -0.39 is 0 Å². The summed E-state index contributed by atoms with van der Waals surface area (Å²) in [5.74, 6) is 4.51. The summed E-state index contributed by atoms with van der Waals surface area (Å²) >= 11 is 5.84. The molecule has 28 heavy (non-hydrogen) atoms. The van der Waals surface area contributed by atoms with Crippen LogP contribution in [-0.2, 0) is 12.2 Å². The van der Waals surface area contributed by atoms with Gasteiger partial charge in [-0.05, 0) is 66.3 Å². The number of benzene rings is 1. The summed E-state index contributed by atoms with van der Waals surface area (Å²) in [6, 6.07) is 17.0. The second-order valence-corrected chi connectivity index (χ2v) is 9.81. The van der Waals surface area contributed by atoms with Crippen molar-refractivity contribution in [3.8, 4) is 0 Å². The number of hydrogen-bond donors (Lipinski definition) is 0. The zero-order valence-corrected chi connectivity index (χ0v) is 18.7. The first-order valence-corrected chi connectivity index (χ1v) is 12.7. The predicted octanol–water partition coefficient (Wildman–Crippen LogP) is 6.54. The van der Waals surface area contributed by atoms with Gasteiger partial charge in [-0.25, -0.2) is 0 Å². The zero-order valence-electron chi connectivity index (χ0n) is 16.2. The highest BCUT2D eigenvalue weighted by Crippen LogP contribution is 2.28. The highest BCUT2D eigenvalue weighted by molar-refractivity contribution is 8.00. The van der Waals surface area contributed by atoms with Gasteiger partial charge < -0.3 is 0 Å². The third-order valence-corrected chi connectivity index (χ3v) is 7.69. The summed E-state index contributed by atoms with van der Waals surface area (Å²) in [5.41, 5.74) is 3.95. The summed E-state index contributed by atoms with van der Waals surface area (Å²) in [6.07, 6.45) is 8.04. The maximum absolute atomic E-state index is 4.60. The van der Waals surface area contributed by atoms with Gasteiger partial charge in [0.1, 0.15) is 0 Å². The molecular formula is C23H26N2S3. The van der Waals surface area contributed by atoms with Crippen LogP contribution in [0.2, 0.25) is 0 Å². The van der Waals surface area contributed by atoms with Gasteiger partial charge in [-0.1, -0.05) is 30.3 Å². The molecule has 5 heteroatoms. The van der Waals surface area contributed by atoms with Crippen molar-refractivity contribution in [3.05, 3.63) is 83.9 Å². The quantitative estimate of drug-likeness (QED) is 0.256. The summed E-state index contributed by atoms with van der Waals surface area (Å²) in [6.45, 7) is 2.20. The number of rotatable bonds is 11. The van der Waals surface area contributed by atoms with Gasteiger partial charge in [-0.2, -0.15) is 11.8 Å². The number of aryl methyl sites for hydroxylation is 1. The average molecular weight is 427 g/mol. The standard InChI is InChI=1S/C23H26N2S3/c1-19-22(18-28-21-8-12-24-13-9-21)25-14-10-23(19)27-16-5-15-26-17-11-20-6-3-2-4-7-20/h2-4,6-10,12-14H,5,11,15-18H2,1H3. The van der Waals surface area contributed by atoms with Crippen LogP contribution in [0.4, 0.5) is 0 Å². The van der Waals surface area contributed by atoms with Gasteiger partial charge in [-0.3, -0.25) is 9.97 Å². The molecule has 3 aromatic rings. The Morgan fingerprint density at radius 3 is 2.46 bits per heavy atom. The van der Waals surface area contributed by atoms with Gasteiger partial charge >= 0.3 is 0 Å². The Bertz CT molecular complexity index is 826. The molecule has 0 fully saturated rings. The minimum atomic E-state index is 0.902. The number of nitrogens with zero attached hydrogens (tertiary/aromatic N) is 2. The minimum Gasteiger partial charge on any atom is -0.265 e. The summed E-state index contributed by atoms with van der Waals surface area (Å²) in [5, 5.41) is 0. The predicted molar refractivity (Wildman–Crippen MR) is 126 cm³/mol. The summed E-state index contributed by atoms with van der Waals surface area (Å²) < 4.78 is 0. The molecule has 0 radical (unpaired) electrons. The normalized spacial score (nSPS) is 10.9. The van der Waals surface area contributed by atoms with Crippen molar-refractivity contribution < 1.29 is 0 Å². The van der Waals surface area contributed by atoms with Crippen molar-refractivity contribution in [2.75, 3.05) is 17.3 Å². The Balaban J connectivity index is 1.36. The van der Waals surface area contributed by atoms with E-state index in [0.29, 0.717) is 0 Å². The maximum Gasteiger partial charge on any atom is 0.0546 e. The molecule has 0 saturated carbocycles. The van der Waals surface area contributed by atoms with Crippen LogP contribution >= 0.6 is 35.3 Å². The molecule has 0 saturated heterocycles. The largest absolute Gasteiger partial charge is 0.265 e. The highest BCUT2D eigenvalue weighted by atomic mass is 32.2. The van der Waals surface area contributed by atoms with Gasteiger partial charge in [0.15, 0.2) is 0 Å². The van der Waals surface area contributed by atoms with E-state index in [1.54, 1.807) is 0 Å². The molecule has 0 atom stereocenters. The fraction of sp³-hybridized carbons (Fsp3) is 0.304. The first-order valence-electron chi connectivity index (χ1n) is 9.54. The molecule has 2 aromatic heterocycles. The minimum absolute atomic E-state index is 0.902. The van der Waals surface area contributed by atoms with E-state index in [1.807, 2.05) is 54.2 Å². The second kappa shape index (κ2) is 12.2. The molecule has 0 unspecified atom stereocenters. The van der Waals surface area contributed by atoms with Crippen molar-refractivity contribution in [2.45, 2.75) is 35.3 Å². The maximum atomic E-state index is 4.60. The number of pyridine rings is 2. The van der Waals surface area contributed by atoms with Crippen molar-refractivity contribution in [3.63, 3.8) is 0 Å². The van der Waals surface area contributed by atoms with Crippen LogP contribution in [0.3, 0.4) is 0 Å². The highest BCUT2D eigenvalue weighted by Gasteiger charge is 2.07. The molecule has 0 aliphatic rings. The summed E-state index contributed by atoms with van der Waals surface area (Å²) in [7, 11) is 0. The Kier molecular flexibility index (Phi) is 9.27. The smallest absolute Gasteiger partial charge is 0.0546 e. The molecular weight excluding hydrogens is 400 g/mol. The van der Waals surface area contributed by atoms with Crippen LogP contribution in [-0.4, -0.2) is 27.2 Å². The third kappa shape index (κ3) is 7.19. The van der Waals surface area contributed by atoms with Crippen LogP contribution in [0.5, 0.6) is 0 Å². The molecule has 2 heterocycles. The van der Waals surface area contributed by atoms with Gasteiger partial charge in [-0.15, -0.1) is 23.5 Å². The van der Waals surface area contributed by atoms with Crippen molar-refractivity contribution in [2.24, 2.45) is 0 Å². The summed E-state index contributed by atoms with van der Waals surface area (Å²) in [4.78, 5) is 11.3. The van der Waals surface area contributed by atoms with Crippen LogP contribution in [0, 0.1) is 6.92 Å². The van der Waals surface area contributed by atoms with E-state index in [1.165, 1.54) is 56.7 Å². The van der Waals surface area contributed by atoms with E-state index in [4.69, 9.17) is 0 Å². The Hall–Kier alpha value is -1.43. The van der Waals surface area contributed by atoms with Crippen molar-refractivity contribution in [1.82, 2.24) is 9.97 Å². The number of thioether (sulfide) groups is 3. The molecule has 2 nitrogen and oxygen atoms in total. The number of aromatic nitrogens is 2. The van der Waals surface area contributed by atoms with Crippen molar-refractivity contribution in [1.29, 1.82) is 0 Å². The second-order valence-electron chi connectivity index (χ2n) is 6.40. The molecule has 0 aliphatic heterocycles. The Labute approximate surface area is 181 Å². The number of hydrogen-bond acceptors (Lipinski definition) is 5. The van der Waals surface area contributed by atoms with E-state index in [2.05, 4.69) is 65.1 Å². The first-order chi connectivity index (χ1) is 13.8. The monoisotopic (exact) mass is 426 g/mol. The molecule has 0 bridgehead atoms. The lowest BCUT2D eigenvalue weighted by Gasteiger charge is -2.10. The third-order valence-electron chi connectivity index (χ3n) is 4.35. The van der Waals surface area contributed by atoms with E-state index in [9.17, 15) is 0 Å². The van der Waals surface area contributed by atoms with Gasteiger partial charge in [0, 0.05) is 34.1 Å². The molecule has 0 N–H and O–H groups in total. The van der Waals surface area contributed by atoms with E-state index in [0.717, 1.165) is 5.75 Å². The Morgan fingerprint density at radius 2 is 1.64 bits per heavy atom. The lowest BCUT2D eigenvalue weighted by Crippen LogP contribution is -1.95. The van der Waals surface area contributed by atoms with Crippen molar-refractivity contribution >= 4 is 35.3 Å². The lowest BCUT2D eigenvalue weighted by molar-refractivity contribution is 1.07. The Morgan fingerprint density at radius 1 is 0.821 bits per heavy atom. The fourth-order valence-corrected chi connectivity index (χ4v) is 5.75. The fourth-order valence-electron chi connectivity index (χ4n) is 2.73. The zero-order chi connectivity index (χ0) is 19.4. The van der Waals surface area contributed by atoms with Crippen LogP contribution in [0.1, 0.15) is 23.2 Å². The molecule has 0 aliphatic carbocycles. The molecule has 3 rings (SSSR count). The average Bonchev–Trinajstić information content (AvgIpc) is 2.75. The van der Waals surface area contributed by atoms with Crippen LogP contribution in [0.25, 0.3) is 0 Å². The SMILES string of the molecule is Cc1c(SCCCSCCc2ccccc2)ccnc1CSc1ccncc1. The van der Waals surface area contributed by atoms with Gasteiger partial charge in [0.2, 0.25) is 0 Å².